The van der Waals surface area contributed by atoms with E-state index in [1.807, 2.05) is 30.3 Å². The maximum absolute atomic E-state index is 12.2. The Balaban J connectivity index is 1.80. The van der Waals surface area contributed by atoms with Crippen molar-refractivity contribution in [2.24, 2.45) is 5.41 Å². The molecule has 4 nitrogen and oxygen atoms in total. The van der Waals surface area contributed by atoms with Crippen LogP contribution in [0.4, 0.5) is 5.95 Å². The van der Waals surface area contributed by atoms with E-state index in [4.69, 9.17) is 0 Å². The van der Waals surface area contributed by atoms with Crippen molar-refractivity contribution in [1.82, 2.24) is 9.97 Å². The first-order valence-corrected chi connectivity index (χ1v) is 7.23. The number of carbonyl (C=O) groups excluding carboxylic acids is 1. The Labute approximate surface area is 124 Å². The SMILES string of the molecule is CC1(C)CCN(c2ncc(-c3ccccc3)cn2)C(=O)C1. The lowest BCUT2D eigenvalue weighted by Gasteiger charge is -2.35. The predicted molar refractivity (Wildman–Crippen MR) is 82.8 cm³/mol. The quantitative estimate of drug-likeness (QED) is 0.848. The van der Waals surface area contributed by atoms with E-state index in [9.17, 15) is 4.79 Å². The summed E-state index contributed by atoms with van der Waals surface area (Å²) in [6.07, 6.45) is 5.09. The molecule has 0 bridgehead atoms. The van der Waals surface area contributed by atoms with Gasteiger partial charge >= 0.3 is 0 Å². The van der Waals surface area contributed by atoms with Crippen LogP contribution in [-0.2, 0) is 4.79 Å². The minimum Gasteiger partial charge on any atom is -0.281 e. The minimum absolute atomic E-state index is 0.0809. The van der Waals surface area contributed by atoms with Gasteiger partial charge in [-0.25, -0.2) is 9.97 Å². The summed E-state index contributed by atoms with van der Waals surface area (Å²) >= 11 is 0. The van der Waals surface area contributed by atoms with Crippen molar-refractivity contribution < 1.29 is 4.79 Å². The number of rotatable bonds is 2. The molecule has 4 heteroatoms. The maximum atomic E-state index is 12.2. The van der Waals surface area contributed by atoms with E-state index < -0.39 is 0 Å². The number of hydrogen-bond acceptors (Lipinski definition) is 3. The number of nitrogens with zero attached hydrogens (tertiary/aromatic N) is 3. The minimum atomic E-state index is 0.0809. The molecule has 108 valence electrons. The summed E-state index contributed by atoms with van der Waals surface area (Å²) in [5.41, 5.74) is 2.12. The lowest BCUT2D eigenvalue weighted by Crippen LogP contribution is -2.42. The molecule has 0 aliphatic carbocycles. The Kier molecular flexibility index (Phi) is 3.45. The number of benzene rings is 1. The second kappa shape index (κ2) is 5.28. The molecule has 0 saturated carbocycles. The summed E-state index contributed by atoms with van der Waals surface area (Å²) in [6.45, 7) is 4.94. The zero-order valence-corrected chi connectivity index (χ0v) is 12.4. The van der Waals surface area contributed by atoms with Gasteiger partial charge in [-0.15, -0.1) is 0 Å². The lowest BCUT2D eigenvalue weighted by atomic mass is 9.82. The van der Waals surface area contributed by atoms with Crippen LogP contribution in [0.25, 0.3) is 11.1 Å². The van der Waals surface area contributed by atoms with Crippen molar-refractivity contribution in [2.45, 2.75) is 26.7 Å². The monoisotopic (exact) mass is 281 g/mol. The van der Waals surface area contributed by atoms with Crippen LogP contribution in [0.3, 0.4) is 0 Å². The van der Waals surface area contributed by atoms with Gasteiger partial charge in [0.1, 0.15) is 0 Å². The van der Waals surface area contributed by atoms with Crippen molar-refractivity contribution in [3.63, 3.8) is 0 Å². The molecule has 0 atom stereocenters. The molecule has 0 spiro atoms. The fraction of sp³-hybridized carbons (Fsp3) is 0.353. The molecule has 21 heavy (non-hydrogen) atoms. The summed E-state index contributed by atoms with van der Waals surface area (Å²) in [5.74, 6) is 0.619. The number of piperidine rings is 1. The van der Waals surface area contributed by atoms with Gasteiger partial charge in [0.05, 0.1) is 0 Å². The number of hydrogen-bond donors (Lipinski definition) is 0. The standard InChI is InChI=1S/C17H19N3O/c1-17(2)8-9-20(15(21)10-17)16-18-11-14(12-19-16)13-6-4-3-5-7-13/h3-7,11-12H,8-10H2,1-2H3. The van der Waals surface area contributed by atoms with Crippen molar-refractivity contribution in [2.75, 3.05) is 11.4 Å². The van der Waals surface area contributed by atoms with Gasteiger partial charge < -0.3 is 0 Å². The van der Waals surface area contributed by atoms with Crippen molar-refractivity contribution >= 4 is 11.9 Å². The molecular formula is C17H19N3O. The molecule has 2 aromatic rings. The summed E-state index contributed by atoms with van der Waals surface area (Å²) < 4.78 is 0. The van der Waals surface area contributed by atoms with Crippen LogP contribution < -0.4 is 4.90 Å². The zero-order valence-electron chi connectivity index (χ0n) is 12.4. The highest BCUT2D eigenvalue weighted by molar-refractivity contribution is 5.92. The maximum Gasteiger partial charge on any atom is 0.232 e. The first-order chi connectivity index (χ1) is 10.1. The van der Waals surface area contributed by atoms with E-state index in [-0.39, 0.29) is 11.3 Å². The molecule has 1 fully saturated rings. The highest BCUT2D eigenvalue weighted by Gasteiger charge is 2.33. The predicted octanol–water partition coefficient (Wildman–Crippen LogP) is 3.30. The van der Waals surface area contributed by atoms with Gasteiger partial charge in [0, 0.05) is 30.9 Å². The lowest BCUT2D eigenvalue weighted by molar-refractivity contribution is -0.122. The van der Waals surface area contributed by atoms with E-state index in [1.54, 1.807) is 17.3 Å². The Morgan fingerprint density at radius 3 is 2.33 bits per heavy atom. The summed E-state index contributed by atoms with van der Waals surface area (Å²) in [6, 6.07) is 9.99. The van der Waals surface area contributed by atoms with E-state index in [0.717, 1.165) is 17.5 Å². The summed E-state index contributed by atoms with van der Waals surface area (Å²) in [5, 5.41) is 0. The van der Waals surface area contributed by atoms with Crippen LogP contribution in [0.15, 0.2) is 42.7 Å². The van der Waals surface area contributed by atoms with Crippen LogP contribution in [-0.4, -0.2) is 22.4 Å². The highest BCUT2D eigenvalue weighted by atomic mass is 16.2. The van der Waals surface area contributed by atoms with Crippen LogP contribution in [0, 0.1) is 5.41 Å². The van der Waals surface area contributed by atoms with Crippen molar-refractivity contribution in [1.29, 1.82) is 0 Å². The Morgan fingerprint density at radius 1 is 1.05 bits per heavy atom. The average Bonchev–Trinajstić information content (AvgIpc) is 2.48. The zero-order chi connectivity index (χ0) is 14.9. The topological polar surface area (TPSA) is 46.1 Å². The van der Waals surface area contributed by atoms with Crippen molar-refractivity contribution in [3.8, 4) is 11.1 Å². The van der Waals surface area contributed by atoms with E-state index in [2.05, 4.69) is 23.8 Å². The van der Waals surface area contributed by atoms with Crippen LogP contribution in [0.2, 0.25) is 0 Å². The third kappa shape index (κ3) is 2.94. The smallest absolute Gasteiger partial charge is 0.232 e. The van der Waals surface area contributed by atoms with E-state index >= 15 is 0 Å². The molecule has 1 aliphatic heterocycles. The van der Waals surface area contributed by atoms with Gasteiger partial charge in [0.15, 0.2) is 0 Å². The molecule has 1 aromatic heterocycles. The van der Waals surface area contributed by atoms with Crippen molar-refractivity contribution in [3.05, 3.63) is 42.7 Å². The molecule has 3 rings (SSSR count). The molecule has 1 saturated heterocycles. The van der Waals surface area contributed by atoms with Gasteiger partial charge in [0.2, 0.25) is 11.9 Å². The molecule has 0 unspecified atom stereocenters. The molecule has 1 aliphatic rings. The molecular weight excluding hydrogens is 262 g/mol. The Hall–Kier alpha value is -2.23. The normalized spacial score (nSPS) is 17.8. The highest BCUT2D eigenvalue weighted by Crippen LogP contribution is 2.32. The third-order valence-corrected chi connectivity index (χ3v) is 3.93. The van der Waals surface area contributed by atoms with Gasteiger partial charge in [-0.1, -0.05) is 44.2 Å². The van der Waals surface area contributed by atoms with Gasteiger partial charge in [0.25, 0.3) is 0 Å². The van der Waals surface area contributed by atoms with Gasteiger partial charge in [-0.05, 0) is 17.4 Å². The van der Waals surface area contributed by atoms with E-state index in [0.29, 0.717) is 18.9 Å². The third-order valence-electron chi connectivity index (χ3n) is 3.93. The molecule has 0 N–H and O–H groups in total. The number of carbonyl (C=O) groups is 1. The molecule has 1 amide bonds. The summed E-state index contributed by atoms with van der Waals surface area (Å²) in [4.78, 5) is 22.6. The van der Waals surface area contributed by atoms with Crippen LogP contribution >= 0.6 is 0 Å². The first-order valence-electron chi connectivity index (χ1n) is 7.23. The Morgan fingerprint density at radius 2 is 1.71 bits per heavy atom. The second-order valence-corrected chi connectivity index (χ2v) is 6.27. The Bertz CT molecular complexity index is 635. The number of anilines is 1. The second-order valence-electron chi connectivity index (χ2n) is 6.27. The van der Waals surface area contributed by atoms with Crippen LogP contribution in [0.5, 0.6) is 0 Å². The summed E-state index contributed by atoms with van der Waals surface area (Å²) in [7, 11) is 0. The first kappa shape index (κ1) is 13.7. The number of amides is 1. The number of aromatic nitrogens is 2. The average molecular weight is 281 g/mol. The largest absolute Gasteiger partial charge is 0.281 e. The van der Waals surface area contributed by atoms with Gasteiger partial charge in [-0.2, -0.15) is 0 Å². The fourth-order valence-electron chi connectivity index (χ4n) is 2.58. The van der Waals surface area contributed by atoms with Gasteiger partial charge in [-0.3, -0.25) is 9.69 Å². The van der Waals surface area contributed by atoms with E-state index in [1.165, 1.54) is 0 Å². The molecule has 2 heterocycles. The molecule has 0 radical (unpaired) electrons. The van der Waals surface area contributed by atoms with Crippen LogP contribution in [0.1, 0.15) is 26.7 Å². The molecule has 1 aromatic carbocycles. The fourth-order valence-corrected chi connectivity index (χ4v) is 2.58.